The normalized spacial score (nSPS) is 2.40. The zero-order chi connectivity index (χ0) is 3.58. The Bertz CT molecular complexity index is 27.7. The van der Waals surface area contributed by atoms with E-state index >= 15 is 0 Å². The molecule has 0 aromatic carbocycles. The number of rotatable bonds is 0. The van der Waals surface area contributed by atoms with Crippen molar-refractivity contribution in [2.45, 2.75) is 0 Å². The Morgan fingerprint density at radius 1 is 0.700 bits per heavy atom. The molecule has 72 valence electrons. The molecule has 0 aliphatic heterocycles. The summed E-state index contributed by atoms with van der Waals surface area (Å²) in [5.74, 6) is 0. The molecular formula is CH14O9. The highest BCUT2D eigenvalue weighted by Gasteiger charge is 1.70. The molecular weight excluding hydrogens is 156 g/mol. The van der Waals surface area contributed by atoms with E-state index in [0.717, 1.165) is 0 Å². The number of carbonyl (C=O) groups is 1. The topological polar surface area (TPSA) is 247 Å². The van der Waals surface area contributed by atoms with Gasteiger partial charge in [-0.25, -0.2) is 4.79 Å². The Balaban J connectivity index is -0.00000000300. The van der Waals surface area contributed by atoms with Gasteiger partial charge in [0.2, 0.25) is 0 Å². The zero-order valence-corrected chi connectivity index (χ0v) is 4.80. The number of carboxylic acid groups (broad SMARTS) is 2. The van der Waals surface area contributed by atoms with Crippen molar-refractivity contribution in [3.8, 4) is 0 Å². The molecule has 14 N–H and O–H groups in total. The minimum Gasteiger partial charge on any atom is -0.450 e. The SMILES string of the molecule is O.O.O.O.O.O.O=C(O)O. The molecule has 0 amide bonds. The van der Waals surface area contributed by atoms with E-state index in [-0.39, 0.29) is 32.9 Å². The summed E-state index contributed by atoms with van der Waals surface area (Å²) in [6.45, 7) is 0. The third kappa shape index (κ3) is 272. The lowest BCUT2D eigenvalue weighted by molar-refractivity contribution is 0.137. The minimum absolute atomic E-state index is 0. The van der Waals surface area contributed by atoms with Gasteiger partial charge in [0.1, 0.15) is 0 Å². The van der Waals surface area contributed by atoms with Crippen molar-refractivity contribution >= 4 is 6.16 Å². The first-order valence-electron chi connectivity index (χ1n) is 0.651. The molecule has 0 aromatic rings. The molecule has 0 aromatic heterocycles. The molecule has 0 fully saturated rings. The molecule has 9 heteroatoms. The molecule has 10 heavy (non-hydrogen) atoms. The second kappa shape index (κ2) is 96.3. The van der Waals surface area contributed by atoms with Crippen molar-refractivity contribution in [1.82, 2.24) is 0 Å². The van der Waals surface area contributed by atoms with Gasteiger partial charge in [-0.05, 0) is 0 Å². The first kappa shape index (κ1) is 141. The predicted octanol–water partition coefficient (Wildman–Crippen LogP) is -4.73. The lowest BCUT2D eigenvalue weighted by Gasteiger charge is -1.60. The van der Waals surface area contributed by atoms with Crippen LogP contribution in [0.1, 0.15) is 0 Å². The molecule has 0 atom stereocenters. The molecule has 0 unspecified atom stereocenters. The van der Waals surface area contributed by atoms with Crippen molar-refractivity contribution in [2.24, 2.45) is 0 Å². The fourth-order valence-corrected chi connectivity index (χ4v) is 0. The van der Waals surface area contributed by atoms with Gasteiger partial charge in [-0.3, -0.25) is 0 Å². The van der Waals surface area contributed by atoms with Gasteiger partial charge in [0.25, 0.3) is 0 Å². The Hall–Kier alpha value is -0.970. The van der Waals surface area contributed by atoms with Crippen LogP contribution in [0.2, 0.25) is 0 Å². The van der Waals surface area contributed by atoms with Gasteiger partial charge in [-0.1, -0.05) is 0 Å². The van der Waals surface area contributed by atoms with Crippen LogP contribution in [0.15, 0.2) is 0 Å². The second-order valence-corrected chi connectivity index (χ2v) is 0.283. The summed E-state index contributed by atoms with van der Waals surface area (Å²) in [5, 5.41) is 13.9. The third-order valence-corrected chi connectivity index (χ3v) is 0. The number of hydrogen-bond acceptors (Lipinski definition) is 1. The van der Waals surface area contributed by atoms with Crippen LogP contribution in [0.4, 0.5) is 4.79 Å². The standard InChI is InChI=1S/CH2O3.6H2O/c2-1(3)4;;;;;;/h(H2,2,3,4);6*1H2. The summed E-state index contributed by atoms with van der Waals surface area (Å²) in [5.41, 5.74) is 0. The average molecular weight is 170 g/mol. The van der Waals surface area contributed by atoms with E-state index < -0.39 is 6.16 Å². The van der Waals surface area contributed by atoms with Crippen molar-refractivity contribution < 1.29 is 47.9 Å². The van der Waals surface area contributed by atoms with Gasteiger partial charge in [0, 0.05) is 0 Å². The summed E-state index contributed by atoms with van der Waals surface area (Å²) in [6, 6.07) is 0. The first-order chi connectivity index (χ1) is 1.73. The summed E-state index contributed by atoms with van der Waals surface area (Å²) in [7, 11) is 0. The molecule has 0 radical (unpaired) electrons. The van der Waals surface area contributed by atoms with Crippen LogP contribution in [0.25, 0.3) is 0 Å². The fraction of sp³-hybridized carbons (Fsp3) is 0. The third-order valence-electron chi connectivity index (χ3n) is 0. The molecule has 0 rings (SSSR count). The van der Waals surface area contributed by atoms with E-state index in [1.807, 2.05) is 0 Å². The van der Waals surface area contributed by atoms with Gasteiger partial charge in [0.05, 0.1) is 0 Å². The van der Waals surface area contributed by atoms with Crippen molar-refractivity contribution in [3.63, 3.8) is 0 Å². The average Bonchev–Trinajstić information content (AvgIpc) is 0.811. The lowest BCUT2D eigenvalue weighted by atomic mass is 11.5. The van der Waals surface area contributed by atoms with Crippen LogP contribution in [0.5, 0.6) is 0 Å². The monoisotopic (exact) mass is 170 g/mol. The lowest BCUT2D eigenvalue weighted by Crippen LogP contribution is -1.81. The molecule has 0 saturated carbocycles. The summed E-state index contributed by atoms with van der Waals surface area (Å²) in [4.78, 5) is 8.56. The second-order valence-electron chi connectivity index (χ2n) is 0.283. The smallest absolute Gasteiger partial charge is 0.450 e. The van der Waals surface area contributed by atoms with Gasteiger partial charge in [-0.15, -0.1) is 0 Å². The van der Waals surface area contributed by atoms with Crippen LogP contribution in [0.3, 0.4) is 0 Å². The molecule has 0 heterocycles. The van der Waals surface area contributed by atoms with Crippen LogP contribution >= 0.6 is 0 Å². The van der Waals surface area contributed by atoms with Crippen molar-refractivity contribution in [1.29, 1.82) is 0 Å². The molecule has 0 aliphatic rings. The Labute approximate surface area is 55.4 Å². The van der Waals surface area contributed by atoms with E-state index in [1.54, 1.807) is 0 Å². The van der Waals surface area contributed by atoms with E-state index in [4.69, 9.17) is 15.0 Å². The highest BCUT2D eigenvalue weighted by Crippen LogP contribution is 1.42. The van der Waals surface area contributed by atoms with E-state index in [2.05, 4.69) is 0 Å². The summed E-state index contributed by atoms with van der Waals surface area (Å²) in [6.07, 6.45) is -1.83. The largest absolute Gasteiger partial charge is 0.503 e. The van der Waals surface area contributed by atoms with Gasteiger partial charge in [-0.2, -0.15) is 0 Å². The molecule has 0 aliphatic carbocycles. The summed E-state index contributed by atoms with van der Waals surface area (Å²) < 4.78 is 0. The van der Waals surface area contributed by atoms with E-state index in [0.29, 0.717) is 0 Å². The quantitative estimate of drug-likeness (QED) is 0.363. The first-order valence-corrected chi connectivity index (χ1v) is 0.651. The van der Waals surface area contributed by atoms with Crippen LogP contribution in [0, 0.1) is 0 Å². The van der Waals surface area contributed by atoms with Gasteiger partial charge in [0.15, 0.2) is 0 Å². The Morgan fingerprint density at radius 2 is 0.700 bits per heavy atom. The molecule has 0 saturated heterocycles. The Kier molecular flexibility index (Phi) is 1360. The predicted molar refractivity (Wildman–Crippen MR) is 32.3 cm³/mol. The highest BCUT2D eigenvalue weighted by atomic mass is 16.6. The van der Waals surface area contributed by atoms with E-state index in [1.165, 1.54) is 0 Å². The maximum atomic E-state index is 8.56. The van der Waals surface area contributed by atoms with Gasteiger partial charge >= 0.3 is 6.16 Å². The van der Waals surface area contributed by atoms with Crippen LogP contribution in [-0.2, 0) is 0 Å². The zero-order valence-electron chi connectivity index (χ0n) is 4.80. The van der Waals surface area contributed by atoms with Gasteiger partial charge < -0.3 is 43.1 Å². The highest BCUT2D eigenvalue weighted by molar-refractivity contribution is 5.53. The maximum absolute atomic E-state index is 8.56. The van der Waals surface area contributed by atoms with Crippen molar-refractivity contribution in [3.05, 3.63) is 0 Å². The molecule has 0 spiro atoms. The van der Waals surface area contributed by atoms with Crippen molar-refractivity contribution in [2.75, 3.05) is 0 Å². The number of hydrogen-bond donors (Lipinski definition) is 2. The summed E-state index contributed by atoms with van der Waals surface area (Å²) >= 11 is 0. The minimum atomic E-state index is -1.83. The fourth-order valence-electron chi connectivity index (χ4n) is 0. The van der Waals surface area contributed by atoms with Crippen LogP contribution in [-0.4, -0.2) is 49.2 Å². The molecule has 9 nitrogen and oxygen atoms in total. The Morgan fingerprint density at radius 3 is 0.700 bits per heavy atom. The van der Waals surface area contributed by atoms with Crippen LogP contribution < -0.4 is 0 Å². The maximum Gasteiger partial charge on any atom is 0.503 e. The molecule has 0 bridgehead atoms. The van der Waals surface area contributed by atoms with E-state index in [9.17, 15) is 0 Å².